The van der Waals surface area contributed by atoms with E-state index in [2.05, 4.69) is 18.0 Å². The average Bonchev–Trinajstić information content (AvgIpc) is 2.39. The number of rotatable bonds is 4. The second-order valence-electron chi connectivity index (χ2n) is 4.44. The van der Waals surface area contributed by atoms with Gasteiger partial charge in [0.1, 0.15) is 5.69 Å². The van der Waals surface area contributed by atoms with Gasteiger partial charge >= 0.3 is 0 Å². The number of ketones is 1. The first kappa shape index (κ1) is 12.5. The Morgan fingerprint density at radius 3 is 2.67 bits per heavy atom. The zero-order valence-corrected chi connectivity index (χ0v) is 10.8. The molecule has 2 heteroatoms. The molecule has 18 heavy (non-hydrogen) atoms. The molecule has 1 aromatic carbocycles. The number of aromatic nitrogens is 1. The molecule has 0 saturated heterocycles. The maximum absolute atomic E-state index is 12.3. The highest BCUT2D eigenvalue weighted by molar-refractivity contribution is 6.07. The fourth-order valence-corrected chi connectivity index (χ4v) is 1.97. The molecule has 0 bridgehead atoms. The maximum Gasteiger partial charge on any atom is 0.211 e. The highest BCUT2D eigenvalue weighted by Crippen LogP contribution is 2.12. The zero-order chi connectivity index (χ0) is 13.0. The van der Waals surface area contributed by atoms with Crippen LogP contribution in [0.25, 0.3) is 0 Å². The molecule has 0 N–H and O–H groups in total. The van der Waals surface area contributed by atoms with E-state index < -0.39 is 0 Å². The van der Waals surface area contributed by atoms with Crippen molar-refractivity contribution < 1.29 is 4.79 Å². The molecule has 2 rings (SSSR count). The van der Waals surface area contributed by atoms with E-state index in [0.717, 1.165) is 24.1 Å². The van der Waals surface area contributed by atoms with Crippen molar-refractivity contribution in [3.8, 4) is 0 Å². The van der Waals surface area contributed by atoms with Gasteiger partial charge in [-0.25, -0.2) is 4.98 Å². The van der Waals surface area contributed by atoms with Crippen LogP contribution >= 0.6 is 0 Å². The summed E-state index contributed by atoms with van der Waals surface area (Å²) >= 11 is 0. The molecule has 0 spiro atoms. The van der Waals surface area contributed by atoms with Crippen molar-refractivity contribution in [2.45, 2.75) is 26.7 Å². The Morgan fingerprint density at radius 1 is 1.17 bits per heavy atom. The molecule has 1 aromatic heterocycles. The summed E-state index contributed by atoms with van der Waals surface area (Å²) in [5.41, 5.74) is 3.31. The van der Waals surface area contributed by atoms with Crippen LogP contribution in [0.4, 0.5) is 0 Å². The number of nitrogens with zero attached hydrogens (tertiary/aromatic N) is 1. The third-order valence-electron chi connectivity index (χ3n) is 2.85. The monoisotopic (exact) mass is 239 g/mol. The quantitative estimate of drug-likeness (QED) is 0.763. The van der Waals surface area contributed by atoms with E-state index in [4.69, 9.17) is 0 Å². The fourth-order valence-electron chi connectivity index (χ4n) is 1.97. The summed E-state index contributed by atoms with van der Waals surface area (Å²) in [6, 6.07) is 13.3. The molecule has 2 aromatic rings. The van der Waals surface area contributed by atoms with Gasteiger partial charge in [-0.1, -0.05) is 37.6 Å². The van der Waals surface area contributed by atoms with Crippen LogP contribution in [-0.4, -0.2) is 10.8 Å². The van der Waals surface area contributed by atoms with Gasteiger partial charge in [-0.2, -0.15) is 0 Å². The van der Waals surface area contributed by atoms with Crippen molar-refractivity contribution in [3.63, 3.8) is 0 Å². The number of aryl methyl sites for hydroxylation is 2. The van der Waals surface area contributed by atoms with E-state index in [1.807, 2.05) is 37.3 Å². The van der Waals surface area contributed by atoms with Crippen molar-refractivity contribution in [2.24, 2.45) is 0 Å². The Labute approximate surface area is 108 Å². The lowest BCUT2D eigenvalue weighted by Gasteiger charge is -2.04. The summed E-state index contributed by atoms with van der Waals surface area (Å²) < 4.78 is 0. The van der Waals surface area contributed by atoms with Gasteiger partial charge in [-0.15, -0.1) is 0 Å². The fraction of sp³-hybridized carbons (Fsp3) is 0.250. The van der Waals surface area contributed by atoms with Gasteiger partial charge in [-0.3, -0.25) is 4.79 Å². The molecule has 1 heterocycles. The number of hydrogen-bond donors (Lipinski definition) is 0. The van der Waals surface area contributed by atoms with E-state index in [0.29, 0.717) is 5.69 Å². The summed E-state index contributed by atoms with van der Waals surface area (Å²) in [7, 11) is 0. The van der Waals surface area contributed by atoms with Gasteiger partial charge in [-0.05, 0) is 37.1 Å². The lowest BCUT2D eigenvalue weighted by molar-refractivity contribution is 0.103. The van der Waals surface area contributed by atoms with Crippen molar-refractivity contribution in [1.82, 2.24) is 4.98 Å². The van der Waals surface area contributed by atoms with Gasteiger partial charge in [0.2, 0.25) is 5.78 Å². The van der Waals surface area contributed by atoms with Crippen molar-refractivity contribution in [2.75, 3.05) is 0 Å². The standard InChI is InChI=1S/C16H17NO/c1-3-6-13-8-5-9-14(11-13)16(18)15-10-4-7-12(2)17-15/h4-5,7-11H,3,6H2,1-2H3. The molecule has 0 amide bonds. The number of benzene rings is 1. The molecule has 0 radical (unpaired) electrons. The second kappa shape index (κ2) is 5.58. The van der Waals surface area contributed by atoms with Gasteiger partial charge < -0.3 is 0 Å². The minimum atomic E-state index is -0.00310. The van der Waals surface area contributed by atoms with Gasteiger partial charge in [0.25, 0.3) is 0 Å². The molecule has 92 valence electrons. The molecule has 0 fully saturated rings. The van der Waals surface area contributed by atoms with E-state index in [1.165, 1.54) is 5.56 Å². The van der Waals surface area contributed by atoms with Crippen LogP contribution < -0.4 is 0 Å². The molecule has 2 nitrogen and oxygen atoms in total. The Bertz CT molecular complexity index is 561. The van der Waals surface area contributed by atoms with Crippen LogP contribution in [0.5, 0.6) is 0 Å². The van der Waals surface area contributed by atoms with E-state index in [9.17, 15) is 4.79 Å². The van der Waals surface area contributed by atoms with Crippen LogP contribution in [0.1, 0.15) is 40.7 Å². The topological polar surface area (TPSA) is 30.0 Å². The maximum atomic E-state index is 12.3. The predicted molar refractivity (Wildman–Crippen MR) is 72.8 cm³/mol. The van der Waals surface area contributed by atoms with Crippen LogP contribution in [-0.2, 0) is 6.42 Å². The summed E-state index contributed by atoms with van der Waals surface area (Å²) in [6.07, 6.45) is 2.09. The van der Waals surface area contributed by atoms with Crippen molar-refractivity contribution in [3.05, 3.63) is 65.0 Å². The Kier molecular flexibility index (Phi) is 3.88. The highest BCUT2D eigenvalue weighted by atomic mass is 16.1. The first-order valence-corrected chi connectivity index (χ1v) is 6.28. The molecular weight excluding hydrogens is 222 g/mol. The predicted octanol–water partition coefficient (Wildman–Crippen LogP) is 3.57. The third kappa shape index (κ3) is 2.83. The summed E-state index contributed by atoms with van der Waals surface area (Å²) in [4.78, 5) is 16.6. The molecule has 0 unspecified atom stereocenters. The smallest absolute Gasteiger partial charge is 0.211 e. The average molecular weight is 239 g/mol. The minimum absolute atomic E-state index is 0.00310. The van der Waals surface area contributed by atoms with E-state index in [-0.39, 0.29) is 5.78 Å². The number of hydrogen-bond acceptors (Lipinski definition) is 2. The van der Waals surface area contributed by atoms with E-state index in [1.54, 1.807) is 6.07 Å². The molecule has 0 saturated carbocycles. The minimum Gasteiger partial charge on any atom is -0.287 e. The number of pyridine rings is 1. The Hall–Kier alpha value is -1.96. The van der Waals surface area contributed by atoms with Crippen molar-refractivity contribution >= 4 is 5.78 Å². The highest BCUT2D eigenvalue weighted by Gasteiger charge is 2.10. The second-order valence-corrected chi connectivity index (χ2v) is 4.44. The zero-order valence-electron chi connectivity index (χ0n) is 10.8. The van der Waals surface area contributed by atoms with Crippen LogP contribution in [0.15, 0.2) is 42.5 Å². The Morgan fingerprint density at radius 2 is 1.94 bits per heavy atom. The lowest BCUT2D eigenvalue weighted by atomic mass is 10.0. The third-order valence-corrected chi connectivity index (χ3v) is 2.85. The SMILES string of the molecule is CCCc1cccc(C(=O)c2cccc(C)n2)c1. The molecule has 0 aliphatic rings. The Balaban J connectivity index is 2.31. The largest absolute Gasteiger partial charge is 0.287 e. The molecule has 0 aliphatic heterocycles. The van der Waals surface area contributed by atoms with Crippen LogP contribution in [0, 0.1) is 6.92 Å². The number of carbonyl (C=O) groups excluding carboxylic acids is 1. The normalized spacial score (nSPS) is 10.3. The summed E-state index contributed by atoms with van der Waals surface area (Å²) in [5.74, 6) is -0.00310. The van der Waals surface area contributed by atoms with Gasteiger partial charge in [0.05, 0.1) is 0 Å². The molecule has 0 atom stereocenters. The first-order chi connectivity index (χ1) is 8.70. The van der Waals surface area contributed by atoms with Crippen LogP contribution in [0.3, 0.4) is 0 Å². The van der Waals surface area contributed by atoms with Gasteiger partial charge in [0.15, 0.2) is 0 Å². The lowest BCUT2D eigenvalue weighted by Crippen LogP contribution is -2.05. The van der Waals surface area contributed by atoms with Crippen LogP contribution in [0.2, 0.25) is 0 Å². The van der Waals surface area contributed by atoms with E-state index >= 15 is 0 Å². The first-order valence-electron chi connectivity index (χ1n) is 6.28. The number of carbonyl (C=O) groups is 1. The summed E-state index contributed by atoms with van der Waals surface area (Å²) in [6.45, 7) is 4.03. The summed E-state index contributed by atoms with van der Waals surface area (Å²) in [5, 5.41) is 0. The molecular formula is C16H17NO. The van der Waals surface area contributed by atoms with Crippen molar-refractivity contribution in [1.29, 1.82) is 0 Å². The molecule has 0 aliphatic carbocycles. The van der Waals surface area contributed by atoms with Gasteiger partial charge in [0, 0.05) is 11.3 Å².